The molecule has 2 rings (SSSR count). The highest BCUT2D eigenvalue weighted by Gasteiger charge is 2.13. The fourth-order valence-electron chi connectivity index (χ4n) is 2.12. The van der Waals surface area contributed by atoms with Gasteiger partial charge in [-0.3, -0.25) is 0 Å². The fourth-order valence-corrected chi connectivity index (χ4v) is 2.12. The first-order valence-electron chi connectivity index (χ1n) is 7.25. The predicted octanol–water partition coefficient (Wildman–Crippen LogP) is 2.93. The Kier molecular flexibility index (Phi) is 4.68. The van der Waals surface area contributed by atoms with Crippen molar-refractivity contribution in [2.75, 3.05) is 6.61 Å². The molecule has 1 heterocycles. The van der Waals surface area contributed by atoms with Crippen LogP contribution in [0.4, 0.5) is 0 Å². The third-order valence-corrected chi connectivity index (χ3v) is 3.49. The summed E-state index contributed by atoms with van der Waals surface area (Å²) in [6, 6.07) is 8.05. The molecule has 4 heteroatoms. The lowest BCUT2D eigenvalue weighted by molar-refractivity contribution is 0.0919. The maximum Gasteiger partial charge on any atom is 0.119 e. The van der Waals surface area contributed by atoms with Gasteiger partial charge in [0.15, 0.2) is 0 Å². The Bertz CT molecular complexity index is 567. The first kappa shape index (κ1) is 15.6. The summed E-state index contributed by atoms with van der Waals surface area (Å²) in [7, 11) is 0. The Labute approximate surface area is 126 Å². The van der Waals surface area contributed by atoms with Crippen LogP contribution in [0.2, 0.25) is 0 Å². The van der Waals surface area contributed by atoms with Gasteiger partial charge in [-0.05, 0) is 30.0 Å². The minimum absolute atomic E-state index is 0.136. The van der Waals surface area contributed by atoms with Crippen molar-refractivity contribution >= 4 is 0 Å². The molecule has 0 aliphatic rings. The lowest BCUT2D eigenvalue weighted by atomic mass is 9.87. The topological polar surface area (TPSA) is 47.3 Å². The highest BCUT2D eigenvalue weighted by atomic mass is 16.5. The SMILES string of the molecule is Cc1nccn1CC(O)COc1ccc(C(C)(C)C)cc1. The number of hydrogen-bond acceptors (Lipinski definition) is 3. The van der Waals surface area contributed by atoms with Gasteiger partial charge in [0, 0.05) is 12.4 Å². The molecule has 1 aromatic heterocycles. The number of aliphatic hydroxyl groups excluding tert-OH is 1. The summed E-state index contributed by atoms with van der Waals surface area (Å²) in [5.41, 5.74) is 1.40. The van der Waals surface area contributed by atoms with Crippen LogP contribution in [0.5, 0.6) is 5.75 Å². The fraction of sp³-hybridized carbons (Fsp3) is 0.471. The predicted molar refractivity (Wildman–Crippen MR) is 83.6 cm³/mol. The van der Waals surface area contributed by atoms with Gasteiger partial charge >= 0.3 is 0 Å². The quantitative estimate of drug-likeness (QED) is 0.920. The van der Waals surface area contributed by atoms with Crippen molar-refractivity contribution in [3.05, 3.63) is 48.0 Å². The Hall–Kier alpha value is -1.81. The van der Waals surface area contributed by atoms with Gasteiger partial charge in [-0.15, -0.1) is 0 Å². The number of nitrogens with zero attached hydrogens (tertiary/aromatic N) is 2. The van der Waals surface area contributed by atoms with Crippen molar-refractivity contribution in [2.45, 2.75) is 45.8 Å². The van der Waals surface area contributed by atoms with E-state index in [1.165, 1.54) is 5.56 Å². The minimum atomic E-state index is -0.555. The normalized spacial score (nSPS) is 13.2. The molecule has 0 radical (unpaired) electrons. The zero-order valence-electron chi connectivity index (χ0n) is 13.2. The molecular formula is C17H24N2O2. The van der Waals surface area contributed by atoms with Gasteiger partial charge in [0.2, 0.25) is 0 Å². The molecule has 0 aliphatic heterocycles. The molecule has 1 unspecified atom stereocenters. The average molecular weight is 288 g/mol. The molecule has 0 bridgehead atoms. The van der Waals surface area contributed by atoms with Crippen molar-refractivity contribution in [2.24, 2.45) is 0 Å². The average Bonchev–Trinajstić information content (AvgIpc) is 2.81. The van der Waals surface area contributed by atoms with Crippen molar-refractivity contribution < 1.29 is 9.84 Å². The second-order valence-electron chi connectivity index (χ2n) is 6.37. The molecule has 0 aliphatic carbocycles. The molecule has 4 nitrogen and oxygen atoms in total. The van der Waals surface area contributed by atoms with Gasteiger partial charge in [-0.1, -0.05) is 32.9 Å². The van der Waals surface area contributed by atoms with E-state index in [-0.39, 0.29) is 12.0 Å². The molecule has 1 N–H and O–H groups in total. The second-order valence-corrected chi connectivity index (χ2v) is 6.37. The molecule has 21 heavy (non-hydrogen) atoms. The maximum absolute atomic E-state index is 10.0. The van der Waals surface area contributed by atoms with E-state index < -0.39 is 6.10 Å². The molecule has 0 saturated heterocycles. The van der Waals surface area contributed by atoms with Gasteiger partial charge in [0.25, 0.3) is 0 Å². The summed E-state index contributed by atoms with van der Waals surface area (Å²) in [6.07, 6.45) is 3.03. The number of hydrogen-bond donors (Lipinski definition) is 1. The molecule has 2 aromatic rings. The van der Waals surface area contributed by atoms with Gasteiger partial charge < -0.3 is 14.4 Å². The molecule has 0 fully saturated rings. The molecule has 0 saturated carbocycles. The van der Waals surface area contributed by atoms with Crippen LogP contribution in [0.15, 0.2) is 36.7 Å². The van der Waals surface area contributed by atoms with E-state index in [0.717, 1.165) is 11.6 Å². The van der Waals surface area contributed by atoms with Crippen LogP contribution in [0.3, 0.4) is 0 Å². The van der Waals surface area contributed by atoms with Gasteiger partial charge in [-0.2, -0.15) is 0 Å². The summed E-state index contributed by atoms with van der Waals surface area (Å²) in [5, 5.41) is 10.0. The van der Waals surface area contributed by atoms with Gasteiger partial charge in [-0.25, -0.2) is 4.98 Å². The molecule has 0 amide bonds. The summed E-state index contributed by atoms with van der Waals surface area (Å²) in [4.78, 5) is 4.13. The number of aryl methyl sites for hydroxylation is 1. The third-order valence-electron chi connectivity index (χ3n) is 3.49. The zero-order chi connectivity index (χ0) is 15.5. The van der Waals surface area contributed by atoms with E-state index in [4.69, 9.17) is 4.74 Å². The number of imidazole rings is 1. The first-order valence-corrected chi connectivity index (χ1v) is 7.25. The summed E-state index contributed by atoms with van der Waals surface area (Å²) < 4.78 is 7.55. The maximum atomic E-state index is 10.0. The van der Waals surface area contributed by atoms with Crippen molar-refractivity contribution in [1.29, 1.82) is 0 Å². The highest BCUT2D eigenvalue weighted by Crippen LogP contribution is 2.24. The van der Waals surface area contributed by atoms with E-state index in [1.54, 1.807) is 6.20 Å². The standard InChI is InChI=1S/C17H24N2O2/c1-13-18-9-10-19(13)11-15(20)12-21-16-7-5-14(6-8-16)17(2,3)4/h5-10,15,20H,11-12H2,1-4H3. The Morgan fingerprint density at radius 3 is 2.43 bits per heavy atom. The van der Waals surface area contributed by atoms with Crippen molar-refractivity contribution in [3.63, 3.8) is 0 Å². The summed E-state index contributed by atoms with van der Waals surface area (Å²) >= 11 is 0. The lowest BCUT2D eigenvalue weighted by Gasteiger charge is -2.19. The molecule has 1 atom stereocenters. The van der Waals surface area contributed by atoms with Crippen LogP contribution in [-0.2, 0) is 12.0 Å². The number of benzene rings is 1. The van der Waals surface area contributed by atoms with Crippen LogP contribution in [0.25, 0.3) is 0 Å². The number of aromatic nitrogens is 2. The Morgan fingerprint density at radius 2 is 1.90 bits per heavy atom. The zero-order valence-corrected chi connectivity index (χ0v) is 13.2. The molecule has 1 aromatic carbocycles. The number of aliphatic hydroxyl groups is 1. The molecule has 0 spiro atoms. The van der Waals surface area contributed by atoms with E-state index >= 15 is 0 Å². The van der Waals surface area contributed by atoms with Crippen molar-refractivity contribution in [1.82, 2.24) is 9.55 Å². The number of ether oxygens (including phenoxy) is 1. The molecule has 114 valence electrons. The van der Waals surface area contributed by atoms with Gasteiger partial charge in [0.05, 0.1) is 6.54 Å². The minimum Gasteiger partial charge on any atom is -0.491 e. The number of rotatable bonds is 5. The Morgan fingerprint density at radius 1 is 1.24 bits per heavy atom. The lowest BCUT2D eigenvalue weighted by Crippen LogP contribution is -2.23. The van der Waals surface area contributed by atoms with Crippen LogP contribution in [-0.4, -0.2) is 27.4 Å². The van der Waals surface area contributed by atoms with Crippen LogP contribution in [0, 0.1) is 6.92 Å². The highest BCUT2D eigenvalue weighted by molar-refractivity contribution is 5.31. The summed E-state index contributed by atoms with van der Waals surface area (Å²) in [5.74, 6) is 1.67. The second kappa shape index (κ2) is 6.31. The van der Waals surface area contributed by atoms with Crippen LogP contribution in [0.1, 0.15) is 32.2 Å². The van der Waals surface area contributed by atoms with Crippen LogP contribution >= 0.6 is 0 Å². The smallest absolute Gasteiger partial charge is 0.119 e. The van der Waals surface area contributed by atoms with E-state index in [0.29, 0.717) is 6.54 Å². The van der Waals surface area contributed by atoms with Gasteiger partial charge in [0.1, 0.15) is 24.3 Å². The molecular weight excluding hydrogens is 264 g/mol. The van der Waals surface area contributed by atoms with Crippen molar-refractivity contribution in [3.8, 4) is 5.75 Å². The van der Waals surface area contributed by atoms with Crippen LogP contribution < -0.4 is 4.74 Å². The largest absolute Gasteiger partial charge is 0.491 e. The monoisotopic (exact) mass is 288 g/mol. The first-order chi connectivity index (χ1) is 9.86. The van der Waals surface area contributed by atoms with E-state index in [1.807, 2.05) is 29.8 Å². The Balaban J connectivity index is 1.87. The van der Waals surface area contributed by atoms with E-state index in [9.17, 15) is 5.11 Å². The summed E-state index contributed by atoms with van der Waals surface area (Å²) in [6.45, 7) is 9.22. The third kappa shape index (κ3) is 4.33. The van der Waals surface area contributed by atoms with E-state index in [2.05, 4.69) is 37.9 Å².